The van der Waals surface area contributed by atoms with Gasteiger partial charge in [-0.3, -0.25) is 4.79 Å². The SMILES string of the molecule is CCC1(C(=O)N(C)C(C)COC)CCNCC1. The van der Waals surface area contributed by atoms with Gasteiger partial charge in [-0.1, -0.05) is 6.92 Å². The van der Waals surface area contributed by atoms with E-state index in [2.05, 4.69) is 12.2 Å². The molecule has 0 saturated carbocycles. The molecule has 1 aliphatic heterocycles. The number of amides is 1. The third-order valence-electron chi connectivity index (χ3n) is 4.08. The molecule has 4 heteroatoms. The van der Waals surface area contributed by atoms with Gasteiger partial charge < -0.3 is 15.0 Å². The summed E-state index contributed by atoms with van der Waals surface area (Å²) < 4.78 is 5.12. The van der Waals surface area contributed by atoms with Crippen LogP contribution in [0.5, 0.6) is 0 Å². The van der Waals surface area contributed by atoms with Gasteiger partial charge in [-0.05, 0) is 39.3 Å². The van der Waals surface area contributed by atoms with Crippen molar-refractivity contribution in [2.75, 3.05) is 33.9 Å². The number of likely N-dealkylation sites (N-methyl/N-ethyl adjacent to an activating group) is 1. The first kappa shape index (κ1) is 14.5. The number of hydrogen-bond acceptors (Lipinski definition) is 3. The largest absolute Gasteiger partial charge is 0.383 e. The minimum absolute atomic E-state index is 0.144. The van der Waals surface area contributed by atoms with Crippen molar-refractivity contribution in [3.63, 3.8) is 0 Å². The Morgan fingerprint density at radius 2 is 2.06 bits per heavy atom. The number of nitrogens with zero attached hydrogens (tertiary/aromatic N) is 1. The lowest BCUT2D eigenvalue weighted by molar-refractivity contribution is -0.145. The van der Waals surface area contributed by atoms with Crippen molar-refractivity contribution in [3.8, 4) is 0 Å². The fourth-order valence-electron chi connectivity index (χ4n) is 2.55. The molecule has 1 amide bonds. The molecule has 1 aliphatic rings. The highest BCUT2D eigenvalue weighted by atomic mass is 16.5. The zero-order valence-corrected chi connectivity index (χ0v) is 11.6. The number of ether oxygens (including phenoxy) is 1. The average molecular weight is 242 g/mol. The lowest BCUT2D eigenvalue weighted by atomic mass is 9.75. The van der Waals surface area contributed by atoms with Crippen LogP contribution in [0, 0.1) is 5.41 Å². The molecule has 1 heterocycles. The normalized spacial score (nSPS) is 20.9. The van der Waals surface area contributed by atoms with Crippen LogP contribution >= 0.6 is 0 Å². The molecule has 0 aromatic rings. The van der Waals surface area contributed by atoms with E-state index >= 15 is 0 Å². The molecule has 1 saturated heterocycles. The second-order valence-electron chi connectivity index (χ2n) is 5.10. The van der Waals surface area contributed by atoms with E-state index in [0.717, 1.165) is 32.4 Å². The molecule has 1 unspecified atom stereocenters. The van der Waals surface area contributed by atoms with Gasteiger partial charge in [0.1, 0.15) is 0 Å². The number of carbonyl (C=O) groups is 1. The van der Waals surface area contributed by atoms with Crippen LogP contribution in [0.15, 0.2) is 0 Å². The Morgan fingerprint density at radius 3 is 2.53 bits per heavy atom. The Hall–Kier alpha value is -0.610. The van der Waals surface area contributed by atoms with Crippen LogP contribution in [0.1, 0.15) is 33.1 Å². The van der Waals surface area contributed by atoms with Crippen molar-refractivity contribution in [3.05, 3.63) is 0 Å². The molecular formula is C13H26N2O2. The van der Waals surface area contributed by atoms with Crippen LogP contribution in [0.3, 0.4) is 0 Å². The Labute approximate surface area is 105 Å². The molecule has 0 aromatic carbocycles. The van der Waals surface area contributed by atoms with E-state index in [1.54, 1.807) is 7.11 Å². The molecule has 0 spiro atoms. The maximum atomic E-state index is 12.6. The fraction of sp³-hybridized carbons (Fsp3) is 0.923. The molecular weight excluding hydrogens is 216 g/mol. The topological polar surface area (TPSA) is 41.6 Å². The molecule has 0 aliphatic carbocycles. The minimum Gasteiger partial charge on any atom is -0.383 e. The second-order valence-corrected chi connectivity index (χ2v) is 5.10. The molecule has 1 atom stereocenters. The van der Waals surface area contributed by atoms with Crippen LogP contribution in [-0.2, 0) is 9.53 Å². The number of carbonyl (C=O) groups excluding carboxylic acids is 1. The number of nitrogens with one attached hydrogen (secondary N) is 1. The highest BCUT2D eigenvalue weighted by Gasteiger charge is 2.40. The van der Waals surface area contributed by atoms with E-state index in [4.69, 9.17) is 4.74 Å². The zero-order chi connectivity index (χ0) is 12.9. The summed E-state index contributed by atoms with van der Waals surface area (Å²) in [6.07, 6.45) is 2.83. The molecule has 100 valence electrons. The van der Waals surface area contributed by atoms with Gasteiger partial charge in [0.05, 0.1) is 18.1 Å². The van der Waals surface area contributed by atoms with Gasteiger partial charge in [0.15, 0.2) is 0 Å². The lowest BCUT2D eigenvalue weighted by Crippen LogP contribution is -2.51. The predicted molar refractivity (Wildman–Crippen MR) is 68.9 cm³/mol. The highest BCUT2D eigenvalue weighted by Crippen LogP contribution is 2.34. The molecule has 0 bridgehead atoms. The predicted octanol–water partition coefficient (Wildman–Crippen LogP) is 1.26. The van der Waals surface area contributed by atoms with Gasteiger partial charge in [-0.25, -0.2) is 0 Å². The van der Waals surface area contributed by atoms with E-state index in [0.29, 0.717) is 6.61 Å². The van der Waals surface area contributed by atoms with Crippen LogP contribution in [0.25, 0.3) is 0 Å². The summed E-state index contributed by atoms with van der Waals surface area (Å²) in [7, 11) is 3.57. The third-order valence-corrected chi connectivity index (χ3v) is 4.08. The van der Waals surface area contributed by atoms with Crippen molar-refractivity contribution in [1.29, 1.82) is 0 Å². The van der Waals surface area contributed by atoms with E-state index < -0.39 is 0 Å². The van der Waals surface area contributed by atoms with Gasteiger partial charge in [-0.2, -0.15) is 0 Å². The monoisotopic (exact) mass is 242 g/mol. The summed E-state index contributed by atoms with van der Waals surface area (Å²) in [4.78, 5) is 14.5. The van der Waals surface area contributed by atoms with Gasteiger partial charge in [0.25, 0.3) is 0 Å². The van der Waals surface area contributed by atoms with E-state index in [-0.39, 0.29) is 17.4 Å². The summed E-state index contributed by atoms with van der Waals surface area (Å²) in [5.74, 6) is 0.283. The molecule has 0 aromatic heterocycles. The first-order valence-corrected chi connectivity index (χ1v) is 6.54. The number of rotatable bonds is 5. The van der Waals surface area contributed by atoms with Crippen LogP contribution in [0.2, 0.25) is 0 Å². The lowest BCUT2D eigenvalue weighted by Gasteiger charge is -2.40. The maximum absolute atomic E-state index is 12.6. The summed E-state index contributed by atoms with van der Waals surface area (Å²) in [5.41, 5.74) is -0.151. The third kappa shape index (κ3) is 3.19. The quantitative estimate of drug-likeness (QED) is 0.789. The van der Waals surface area contributed by atoms with Crippen molar-refractivity contribution in [1.82, 2.24) is 10.2 Å². The summed E-state index contributed by atoms with van der Waals surface area (Å²) in [6.45, 7) is 6.66. The number of methoxy groups -OCH3 is 1. The molecule has 1 N–H and O–H groups in total. The molecule has 1 rings (SSSR count). The van der Waals surface area contributed by atoms with Gasteiger partial charge in [0.2, 0.25) is 5.91 Å². The van der Waals surface area contributed by atoms with Gasteiger partial charge in [-0.15, -0.1) is 0 Å². The molecule has 17 heavy (non-hydrogen) atoms. The standard InChI is InChI=1S/C13H26N2O2/c1-5-13(6-8-14-9-7-13)12(16)15(3)11(2)10-17-4/h11,14H,5-10H2,1-4H3. The Kier molecular flexibility index (Phi) is 5.40. The highest BCUT2D eigenvalue weighted by molar-refractivity contribution is 5.83. The van der Waals surface area contributed by atoms with Crippen LogP contribution in [-0.4, -0.2) is 50.7 Å². The number of piperidine rings is 1. The Morgan fingerprint density at radius 1 is 1.47 bits per heavy atom. The zero-order valence-electron chi connectivity index (χ0n) is 11.6. The Balaban J connectivity index is 2.71. The Bertz CT molecular complexity index is 250. The fourth-order valence-corrected chi connectivity index (χ4v) is 2.55. The first-order chi connectivity index (χ1) is 8.07. The summed E-state index contributed by atoms with van der Waals surface area (Å²) in [5, 5.41) is 3.33. The molecule has 0 radical (unpaired) electrons. The number of hydrogen-bond donors (Lipinski definition) is 1. The van der Waals surface area contributed by atoms with Gasteiger partial charge >= 0.3 is 0 Å². The van der Waals surface area contributed by atoms with E-state index in [9.17, 15) is 4.79 Å². The average Bonchev–Trinajstić information content (AvgIpc) is 2.38. The van der Waals surface area contributed by atoms with Crippen molar-refractivity contribution in [2.24, 2.45) is 5.41 Å². The van der Waals surface area contributed by atoms with E-state index in [1.807, 2.05) is 18.9 Å². The first-order valence-electron chi connectivity index (χ1n) is 6.54. The van der Waals surface area contributed by atoms with Crippen molar-refractivity contribution >= 4 is 5.91 Å². The minimum atomic E-state index is -0.151. The second kappa shape index (κ2) is 6.36. The smallest absolute Gasteiger partial charge is 0.228 e. The van der Waals surface area contributed by atoms with Gasteiger partial charge in [0, 0.05) is 14.2 Å². The van der Waals surface area contributed by atoms with E-state index in [1.165, 1.54) is 0 Å². The van der Waals surface area contributed by atoms with Crippen molar-refractivity contribution < 1.29 is 9.53 Å². The van der Waals surface area contributed by atoms with Crippen LogP contribution in [0.4, 0.5) is 0 Å². The molecule has 4 nitrogen and oxygen atoms in total. The molecule has 1 fully saturated rings. The maximum Gasteiger partial charge on any atom is 0.228 e. The van der Waals surface area contributed by atoms with Crippen molar-refractivity contribution in [2.45, 2.75) is 39.2 Å². The summed E-state index contributed by atoms with van der Waals surface area (Å²) >= 11 is 0. The summed E-state index contributed by atoms with van der Waals surface area (Å²) in [6, 6.07) is 0.144. The van der Waals surface area contributed by atoms with Crippen LogP contribution < -0.4 is 5.32 Å².